The van der Waals surface area contributed by atoms with E-state index in [1.165, 1.54) is 6.26 Å². The summed E-state index contributed by atoms with van der Waals surface area (Å²) in [5, 5.41) is 12.6. The number of rotatable bonds is 7. The fourth-order valence-electron chi connectivity index (χ4n) is 1.15. The van der Waals surface area contributed by atoms with Crippen molar-refractivity contribution >= 4 is 10.8 Å². The van der Waals surface area contributed by atoms with Crippen LogP contribution in [0.3, 0.4) is 0 Å². The van der Waals surface area contributed by atoms with Crippen molar-refractivity contribution in [3.63, 3.8) is 0 Å². The van der Waals surface area contributed by atoms with E-state index in [9.17, 15) is 9.32 Å². The number of hydrogen-bond donors (Lipinski definition) is 2. The van der Waals surface area contributed by atoms with Crippen LogP contribution in [0.5, 0.6) is 0 Å². The number of hydrogen-bond acceptors (Lipinski definition) is 4. The van der Waals surface area contributed by atoms with Crippen molar-refractivity contribution < 1.29 is 13.7 Å². The summed E-state index contributed by atoms with van der Waals surface area (Å²) >= 11 is 0. The molecule has 0 radical (unpaired) electrons. The number of aliphatic hydroxyl groups excluding tert-OH is 1. The molecule has 0 saturated heterocycles. The van der Waals surface area contributed by atoms with Crippen LogP contribution in [0.2, 0.25) is 0 Å². The van der Waals surface area contributed by atoms with Crippen molar-refractivity contribution in [3.8, 4) is 0 Å². The molecular formula is C10H17NO3S. The standard InChI is InChI=1S/C10H17NO3S/c1-2-15(13)7-5-11-8-9(12)10-4-3-6-14-10/h3-4,6,9,11-12H,2,5,7-8H2,1H3. The lowest BCUT2D eigenvalue weighted by atomic mass is 10.3. The van der Waals surface area contributed by atoms with Gasteiger partial charge in [0.25, 0.3) is 0 Å². The Morgan fingerprint density at radius 3 is 3.07 bits per heavy atom. The minimum atomic E-state index is -0.746. The number of nitrogens with one attached hydrogen (secondary N) is 1. The minimum Gasteiger partial charge on any atom is -0.467 e. The SMILES string of the molecule is CCS(=O)CCNCC(O)c1ccco1. The molecule has 86 valence electrons. The second-order valence-electron chi connectivity index (χ2n) is 3.17. The Bertz CT molecular complexity index is 287. The van der Waals surface area contributed by atoms with Crippen LogP contribution in [0.1, 0.15) is 18.8 Å². The highest BCUT2D eigenvalue weighted by Crippen LogP contribution is 2.11. The van der Waals surface area contributed by atoms with E-state index in [1.807, 2.05) is 6.92 Å². The van der Waals surface area contributed by atoms with Crippen molar-refractivity contribution in [2.75, 3.05) is 24.6 Å². The van der Waals surface area contributed by atoms with Gasteiger partial charge in [0.2, 0.25) is 0 Å². The minimum absolute atomic E-state index is 0.425. The highest BCUT2D eigenvalue weighted by molar-refractivity contribution is 7.84. The quantitative estimate of drug-likeness (QED) is 0.677. The lowest BCUT2D eigenvalue weighted by Gasteiger charge is -2.08. The van der Waals surface area contributed by atoms with Gasteiger partial charge in [-0.15, -0.1) is 0 Å². The molecule has 0 bridgehead atoms. The van der Waals surface area contributed by atoms with Gasteiger partial charge < -0.3 is 14.8 Å². The third-order valence-corrected chi connectivity index (χ3v) is 3.34. The zero-order chi connectivity index (χ0) is 11.1. The molecule has 0 aliphatic heterocycles. The highest BCUT2D eigenvalue weighted by atomic mass is 32.2. The molecule has 1 heterocycles. The highest BCUT2D eigenvalue weighted by Gasteiger charge is 2.09. The maximum absolute atomic E-state index is 11.1. The summed E-state index contributed by atoms with van der Waals surface area (Å²) in [6.07, 6.45) is 0.903. The third-order valence-electron chi connectivity index (χ3n) is 2.04. The Kier molecular flexibility index (Phi) is 5.60. The Morgan fingerprint density at radius 1 is 1.67 bits per heavy atom. The van der Waals surface area contributed by atoms with Crippen LogP contribution < -0.4 is 5.32 Å². The number of aliphatic hydroxyl groups is 1. The Hall–Kier alpha value is -0.650. The second kappa shape index (κ2) is 6.76. The lowest BCUT2D eigenvalue weighted by Crippen LogP contribution is -2.25. The molecule has 5 heteroatoms. The Labute approximate surface area is 92.1 Å². The molecule has 0 saturated carbocycles. The van der Waals surface area contributed by atoms with Gasteiger partial charge in [0.1, 0.15) is 11.9 Å². The van der Waals surface area contributed by atoms with E-state index in [-0.39, 0.29) is 0 Å². The predicted molar refractivity (Wildman–Crippen MR) is 60.1 cm³/mol. The van der Waals surface area contributed by atoms with E-state index in [0.717, 1.165) is 0 Å². The van der Waals surface area contributed by atoms with E-state index in [0.29, 0.717) is 30.4 Å². The van der Waals surface area contributed by atoms with E-state index in [2.05, 4.69) is 5.32 Å². The maximum atomic E-state index is 11.1. The molecule has 2 unspecified atom stereocenters. The Morgan fingerprint density at radius 2 is 2.47 bits per heavy atom. The first-order chi connectivity index (χ1) is 7.24. The zero-order valence-electron chi connectivity index (χ0n) is 8.81. The maximum Gasteiger partial charge on any atom is 0.133 e. The van der Waals surface area contributed by atoms with Gasteiger partial charge in [0.15, 0.2) is 0 Å². The Balaban J connectivity index is 2.13. The van der Waals surface area contributed by atoms with Crippen LogP contribution in [0.15, 0.2) is 22.8 Å². The summed E-state index contributed by atoms with van der Waals surface area (Å²) in [7, 11) is -0.746. The summed E-state index contributed by atoms with van der Waals surface area (Å²) in [6.45, 7) is 2.97. The van der Waals surface area contributed by atoms with Gasteiger partial charge in [-0.1, -0.05) is 6.92 Å². The van der Waals surface area contributed by atoms with Gasteiger partial charge in [-0.2, -0.15) is 0 Å². The molecule has 1 aromatic rings. The molecule has 1 rings (SSSR count). The molecule has 0 aliphatic carbocycles. The van der Waals surface area contributed by atoms with Crippen molar-refractivity contribution in [3.05, 3.63) is 24.2 Å². The second-order valence-corrected chi connectivity index (χ2v) is 5.03. The molecule has 2 atom stereocenters. The molecule has 2 N–H and O–H groups in total. The van der Waals surface area contributed by atoms with Crippen LogP contribution in [0, 0.1) is 0 Å². The van der Waals surface area contributed by atoms with Crippen molar-refractivity contribution in [2.24, 2.45) is 0 Å². The third kappa shape index (κ3) is 4.59. The van der Waals surface area contributed by atoms with Crippen LogP contribution >= 0.6 is 0 Å². The molecule has 0 fully saturated rings. The zero-order valence-corrected chi connectivity index (χ0v) is 9.63. The first-order valence-electron chi connectivity index (χ1n) is 5.01. The first kappa shape index (κ1) is 12.4. The smallest absolute Gasteiger partial charge is 0.133 e. The van der Waals surface area contributed by atoms with Crippen LogP contribution in [0.25, 0.3) is 0 Å². The number of furan rings is 1. The molecule has 0 aliphatic rings. The van der Waals surface area contributed by atoms with Gasteiger partial charge in [0, 0.05) is 35.4 Å². The fourth-order valence-corrected chi connectivity index (χ4v) is 1.81. The summed E-state index contributed by atoms with van der Waals surface area (Å²) < 4.78 is 16.1. The molecule has 0 aromatic carbocycles. The predicted octanol–water partition coefficient (Wildman–Crippen LogP) is 0.671. The van der Waals surface area contributed by atoms with E-state index >= 15 is 0 Å². The molecule has 4 nitrogen and oxygen atoms in total. The van der Waals surface area contributed by atoms with Gasteiger partial charge >= 0.3 is 0 Å². The summed E-state index contributed by atoms with van der Waals surface area (Å²) in [6, 6.07) is 3.47. The fraction of sp³-hybridized carbons (Fsp3) is 0.600. The lowest BCUT2D eigenvalue weighted by molar-refractivity contribution is 0.148. The molecular weight excluding hydrogens is 214 g/mol. The van der Waals surface area contributed by atoms with Gasteiger partial charge in [-0.25, -0.2) is 0 Å². The first-order valence-corrected chi connectivity index (χ1v) is 6.50. The van der Waals surface area contributed by atoms with Crippen molar-refractivity contribution in [1.82, 2.24) is 5.32 Å². The van der Waals surface area contributed by atoms with E-state index in [1.54, 1.807) is 12.1 Å². The molecule has 0 spiro atoms. The van der Waals surface area contributed by atoms with Crippen molar-refractivity contribution in [2.45, 2.75) is 13.0 Å². The van der Waals surface area contributed by atoms with Gasteiger partial charge in [0.05, 0.1) is 6.26 Å². The van der Waals surface area contributed by atoms with Crippen molar-refractivity contribution in [1.29, 1.82) is 0 Å². The average Bonchev–Trinajstić information content (AvgIpc) is 2.77. The molecule has 15 heavy (non-hydrogen) atoms. The summed E-state index contributed by atoms with van der Waals surface area (Å²) in [5.74, 6) is 1.86. The molecule has 1 aromatic heterocycles. The normalized spacial score (nSPS) is 15.1. The molecule has 0 amide bonds. The van der Waals surface area contributed by atoms with Crippen LogP contribution in [0.4, 0.5) is 0 Å². The van der Waals surface area contributed by atoms with E-state index in [4.69, 9.17) is 4.42 Å². The van der Waals surface area contributed by atoms with Crippen LogP contribution in [-0.2, 0) is 10.8 Å². The van der Waals surface area contributed by atoms with Gasteiger partial charge in [-0.3, -0.25) is 4.21 Å². The largest absolute Gasteiger partial charge is 0.467 e. The van der Waals surface area contributed by atoms with Crippen LogP contribution in [-0.4, -0.2) is 33.9 Å². The monoisotopic (exact) mass is 231 g/mol. The summed E-state index contributed by atoms with van der Waals surface area (Å²) in [4.78, 5) is 0. The average molecular weight is 231 g/mol. The van der Waals surface area contributed by atoms with E-state index < -0.39 is 16.9 Å². The summed E-state index contributed by atoms with van der Waals surface area (Å²) in [5.41, 5.74) is 0. The van der Waals surface area contributed by atoms with Gasteiger partial charge in [-0.05, 0) is 12.1 Å². The topological polar surface area (TPSA) is 62.5 Å².